The summed E-state index contributed by atoms with van der Waals surface area (Å²) in [5.41, 5.74) is 1.97. The van der Waals surface area contributed by atoms with Crippen molar-refractivity contribution in [2.75, 3.05) is 26.2 Å². The number of amides is 1. The summed E-state index contributed by atoms with van der Waals surface area (Å²) in [7, 11) is 0. The average molecular weight is 287 g/mol. The van der Waals surface area contributed by atoms with Crippen LogP contribution in [0, 0.1) is 0 Å². The Morgan fingerprint density at radius 3 is 2.75 bits per heavy atom. The van der Waals surface area contributed by atoms with Crippen molar-refractivity contribution in [3.8, 4) is 0 Å². The SMILES string of the molecule is CC(C)(C)OC(=O)N1CCNCCC1C1CCONO1. The summed E-state index contributed by atoms with van der Waals surface area (Å²) in [4.78, 5) is 24.6. The number of ether oxygens (including phenoxy) is 1. The molecule has 0 bridgehead atoms. The van der Waals surface area contributed by atoms with Gasteiger partial charge in [-0.05, 0) is 33.7 Å². The van der Waals surface area contributed by atoms with E-state index >= 15 is 0 Å². The van der Waals surface area contributed by atoms with E-state index in [1.807, 2.05) is 20.8 Å². The Morgan fingerprint density at radius 1 is 1.30 bits per heavy atom. The van der Waals surface area contributed by atoms with Gasteiger partial charge < -0.3 is 15.0 Å². The van der Waals surface area contributed by atoms with E-state index in [9.17, 15) is 4.79 Å². The molecule has 2 rings (SSSR count). The van der Waals surface area contributed by atoms with E-state index in [2.05, 4.69) is 11.0 Å². The zero-order valence-electron chi connectivity index (χ0n) is 12.5. The van der Waals surface area contributed by atoms with Crippen LogP contribution in [0.3, 0.4) is 0 Å². The second-order valence-corrected chi connectivity index (χ2v) is 6.16. The Labute approximate surface area is 119 Å². The van der Waals surface area contributed by atoms with Gasteiger partial charge in [-0.1, -0.05) is 5.64 Å². The molecule has 0 aromatic heterocycles. The minimum Gasteiger partial charge on any atom is -0.444 e. The average Bonchev–Trinajstić information content (AvgIpc) is 2.63. The molecule has 7 heteroatoms. The zero-order valence-corrected chi connectivity index (χ0v) is 12.5. The van der Waals surface area contributed by atoms with Gasteiger partial charge in [-0.15, -0.1) is 0 Å². The lowest BCUT2D eigenvalue weighted by Gasteiger charge is -2.37. The number of hydrogen-bond donors (Lipinski definition) is 2. The Hall–Kier alpha value is -0.890. The first-order chi connectivity index (χ1) is 9.47. The Morgan fingerprint density at radius 2 is 2.10 bits per heavy atom. The van der Waals surface area contributed by atoms with Gasteiger partial charge in [-0.25, -0.2) is 4.79 Å². The van der Waals surface area contributed by atoms with Crippen LogP contribution in [0.4, 0.5) is 4.79 Å². The number of rotatable bonds is 1. The standard InChI is InChI=1S/C13H25N3O4/c1-13(2,3)19-12(17)16-8-7-14-6-4-10(16)11-5-9-18-15-20-11/h10-11,14-15H,4-9H2,1-3H3. The lowest BCUT2D eigenvalue weighted by atomic mass is 10.0. The van der Waals surface area contributed by atoms with Crippen LogP contribution in [0.15, 0.2) is 0 Å². The maximum Gasteiger partial charge on any atom is 0.410 e. The largest absolute Gasteiger partial charge is 0.444 e. The number of hydrogen-bond acceptors (Lipinski definition) is 6. The third kappa shape index (κ3) is 4.31. The van der Waals surface area contributed by atoms with Crippen molar-refractivity contribution in [1.29, 1.82) is 0 Å². The van der Waals surface area contributed by atoms with Crippen LogP contribution in [-0.4, -0.2) is 55.0 Å². The predicted molar refractivity (Wildman–Crippen MR) is 72.8 cm³/mol. The van der Waals surface area contributed by atoms with Crippen LogP contribution in [-0.2, 0) is 14.4 Å². The van der Waals surface area contributed by atoms with Crippen molar-refractivity contribution in [3.63, 3.8) is 0 Å². The monoisotopic (exact) mass is 287 g/mol. The lowest BCUT2D eigenvalue weighted by Crippen LogP contribution is -2.52. The van der Waals surface area contributed by atoms with Crippen LogP contribution >= 0.6 is 0 Å². The molecule has 2 saturated heterocycles. The van der Waals surface area contributed by atoms with Gasteiger partial charge >= 0.3 is 6.09 Å². The molecule has 116 valence electrons. The summed E-state index contributed by atoms with van der Waals surface area (Å²) in [6, 6.07) is -0.00347. The van der Waals surface area contributed by atoms with Crippen molar-refractivity contribution in [3.05, 3.63) is 0 Å². The second kappa shape index (κ2) is 6.71. The molecule has 0 aromatic rings. The van der Waals surface area contributed by atoms with Crippen LogP contribution in [0.25, 0.3) is 0 Å². The summed E-state index contributed by atoms with van der Waals surface area (Å²) in [6.07, 6.45) is 1.25. The molecule has 2 atom stereocenters. The molecular formula is C13H25N3O4. The fourth-order valence-corrected chi connectivity index (χ4v) is 2.47. The van der Waals surface area contributed by atoms with Gasteiger partial charge in [0.05, 0.1) is 12.6 Å². The Bertz CT molecular complexity index is 326. The molecule has 0 aliphatic carbocycles. The van der Waals surface area contributed by atoms with Crippen LogP contribution in [0.2, 0.25) is 0 Å². The molecule has 7 nitrogen and oxygen atoms in total. The molecule has 0 radical (unpaired) electrons. The number of carbonyl (C=O) groups is 1. The minimum absolute atomic E-state index is 0.00347. The summed E-state index contributed by atoms with van der Waals surface area (Å²) < 4.78 is 5.51. The van der Waals surface area contributed by atoms with Gasteiger partial charge in [0.25, 0.3) is 0 Å². The van der Waals surface area contributed by atoms with Crippen LogP contribution in [0.1, 0.15) is 33.6 Å². The highest BCUT2D eigenvalue weighted by Gasteiger charge is 2.36. The van der Waals surface area contributed by atoms with E-state index in [4.69, 9.17) is 14.4 Å². The quantitative estimate of drug-likeness (QED) is 0.743. The molecule has 0 spiro atoms. The van der Waals surface area contributed by atoms with Crippen LogP contribution in [0.5, 0.6) is 0 Å². The van der Waals surface area contributed by atoms with Crippen molar-refractivity contribution in [1.82, 2.24) is 15.9 Å². The van der Waals surface area contributed by atoms with E-state index in [1.54, 1.807) is 4.90 Å². The highest BCUT2D eigenvalue weighted by Crippen LogP contribution is 2.21. The molecule has 2 unspecified atom stereocenters. The number of nitrogens with one attached hydrogen (secondary N) is 2. The molecule has 2 fully saturated rings. The van der Waals surface area contributed by atoms with Crippen molar-refractivity contribution < 1.29 is 19.2 Å². The number of nitrogens with zero attached hydrogens (tertiary/aromatic N) is 1. The molecule has 2 heterocycles. The van der Waals surface area contributed by atoms with Crippen molar-refractivity contribution >= 4 is 6.09 Å². The topological polar surface area (TPSA) is 72.1 Å². The van der Waals surface area contributed by atoms with E-state index in [0.29, 0.717) is 13.2 Å². The summed E-state index contributed by atoms with van der Waals surface area (Å²) in [6.45, 7) is 8.47. The summed E-state index contributed by atoms with van der Waals surface area (Å²) in [5, 5.41) is 3.31. The Balaban J connectivity index is 2.05. The predicted octanol–water partition coefficient (Wildman–Crippen LogP) is 0.811. The fraction of sp³-hybridized carbons (Fsp3) is 0.923. The van der Waals surface area contributed by atoms with E-state index in [1.165, 1.54) is 0 Å². The number of carbonyl (C=O) groups excluding carboxylic acids is 1. The van der Waals surface area contributed by atoms with Crippen LogP contribution < -0.4 is 11.0 Å². The lowest BCUT2D eigenvalue weighted by molar-refractivity contribution is -0.250. The van der Waals surface area contributed by atoms with Crippen molar-refractivity contribution in [2.45, 2.75) is 51.4 Å². The summed E-state index contributed by atoms with van der Waals surface area (Å²) in [5.74, 6) is 0. The molecule has 2 N–H and O–H groups in total. The summed E-state index contributed by atoms with van der Waals surface area (Å²) >= 11 is 0. The van der Waals surface area contributed by atoms with Gasteiger partial charge in [-0.2, -0.15) is 0 Å². The van der Waals surface area contributed by atoms with Gasteiger partial charge in [-0.3, -0.25) is 9.68 Å². The second-order valence-electron chi connectivity index (χ2n) is 6.16. The van der Waals surface area contributed by atoms with Crippen molar-refractivity contribution in [2.24, 2.45) is 0 Å². The normalized spacial score (nSPS) is 28.9. The first-order valence-electron chi connectivity index (χ1n) is 7.20. The zero-order chi connectivity index (χ0) is 14.6. The Kier molecular flexibility index (Phi) is 5.20. The van der Waals surface area contributed by atoms with Gasteiger partial charge in [0.15, 0.2) is 0 Å². The molecule has 2 aliphatic heterocycles. The highest BCUT2D eigenvalue weighted by atomic mass is 16.9. The third-order valence-corrected chi connectivity index (χ3v) is 3.37. The maximum atomic E-state index is 12.4. The molecule has 0 saturated carbocycles. The smallest absolute Gasteiger partial charge is 0.410 e. The maximum absolute atomic E-state index is 12.4. The fourth-order valence-electron chi connectivity index (χ4n) is 2.47. The molecular weight excluding hydrogens is 262 g/mol. The highest BCUT2D eigenvalue weighted by molar-refractivity contribution is 5.68. The molecule has 0 aromatic carbocycles. The van der Waals surface area contributed by atoms with E-state index in [0.717, 1.165) is 25.9 Å². The van der Waals surface area contributed by atoms with E-state index in [-0.39, 0.29) is 18.2 Å². The van der Waals surface area contributed by atoms with E-state index < -0.39 is 5.60 Å². The minimum atomic E-state index is -0.490. The van der Waals surface area contributed by atoms with Gasteiger partial charge in [0.2, 0.25) is 0 Å². The first-order valence-corrected chi connectivity index (χ1v) is 7.20. The van der Waals surface area contributed by atoms with Gasteiger partial charge in [0.1, 0.15) is 11.7 Å². The molecule has 2 aliphatic rings. The molecule has 1 amide bonds. The third-order valence-electron chi connectivity index (χ3n) is 3.37. The molecule has 20 heavy (non-hydrogen) atoms. The first kappa shape index (κ1) is 15.5. The van der Waals surface area contributed by atoms with Gasteiger partial charge in [0, 0.05) is 19.5 Å².